The van der Waals surface area contributed by atoms with Gasteiger partial charge in [0.1, 0.15) is 6.54 Å². The average Bonchev–Trinajstić information content (AvgIpc) is 2.89. The first-order valence-electron chi connectivity index (χ1n) is 6.54. The van der Waals surface area contributed by atoms with Crippen molar-refractivity contribution in [2.75, 3.05) is 20.1 Å². The van der Waals surface area contributed by atoms with E-state index in [2.05, 4.69) is 10.4 Å². The molecule has 1 aromatic heterocycles. The molecular weight excluding hydrogens is 228 g/mol. The van der Waals surface area contributed by atoms with E-state index in [1.54, 1.807) is 9.58 Å². The average molecular weight is 250 g/mol. The third kappa shape index (κ3) is 3.10. The molecular formula is C13H22N4O. The van der Waals surface area contributed by atoms with Gasteiger partial charge in [0.25, 0.3) is 0 Å². The Labute approximate surface area is 108 Å². The number of nitrogens with zero attached hydrogens (tertiary/aromatic N) is 3. The lowest BCUT2D eigenvalue weighted by Crippen LogP contribution is -2.40. The maximum atomic E-state index is 12.1. The normalized spacial score (nSPS) is 19.2. The van der Waals surface area contributed by atoms with Crippen LogP contribution in [0.25, 0.3) is 0 Å². The van der Waals surface area contributed by atoms with Crippen molar-refractivity contribution in [3.05, 3.63) is 17.5 Å². The molecule has 0 aromatic carbocycles. The van der Waals surface area contributed by atoms with Crippen LogP contribution in [0.3, 0.4) is 0 Å². The van der Waals surface area contributed by atoms with Crippen molar-refractivity contribution in [2.45, 2.75) is 39.3 Å². The molecule has 18 heavy (non-hydrogen) atoms. The quantitative estimate of drug-likeness (QED) is 0.856. The summed E-state index contributed by atoms with van der Waals surface area (Å²) in [6, 6.07) is 2.45. The first-order chi connectivity index (χ1) is 8.56. The van der Waals surface area contributed by atoms with Crippen LogP contribution in [-0.4, -0.2) is 46.8 Å². The van der Waals surface area contributed by atoms with Gasteiger partial charge in [-0.05, 0) is 39.3 Å². The van der Waals surface area contributed by atoms with E-state index in [1.165, 1.54) is 6.42 Å². The van der Waals surface area contributed by atoms with E-state index in [0.717, 1.165) is 30.9 Å². The highest BCUT2D eigenvalue weighted by atomic mass is 16.2. The molecule has 2 rings (SSSR count). The molecule has 1 aromatic rings. The lowest BCUT2D eigenvalue weighted by Gasteiger charge is -2.21. The Morgan fingerprint density at radius 3 is 2.94 bits per heavy atom. The van der Waals surface area contributed by atoms with Crippen LogP contribution in [0.1, 0.15) is 24.2 Å². The molecule has 1 atom stereocenters. The number of hydrogen-bond donors (Lipinski definition) is 1. The lowest BCUT2D eigenvalue weighted by atomic mass is 10.2. The molecule has 1 fully saturated rings. The predicted molar refractivity (Wildman–Crippen MR) is 70.4 cm³/mol. The lowest BCUT2D eigenvalue weighted by molar-refractivity contribution is -0.131. The fourth-order valence-electron chi connectivity index (χ4n) is 2.43. The van der Waals surface area contributed by atoms with Crippen LogP contribution < -0.4 is 5.32 Å². The SMILES string of the molecule is Cc1cc(C)n(CC(=O)N(C)CC2CCCN2)n1. The number of hydrogen-bond acceptors (Lipinski definition) is 3. The van der Waals surface area contributed by atoms with E-state index < -0.39 is 0 Å². The Kier molecular flexibility index (Phi) is 4.01. The van der Waals surface area contributed by atoms with Crippen LogP contribution >= 0.6 is 0 Å². The summed E-state index contributed by atoms with van der Waals surface area (Å²) in [6.45, 7) is 6.12. The second-order valence-electron chi connectivity index (χ2n) is 5.15. The van der Waals surface area contributed by atoms with Crippen molar-refractivity contribution in [3.8, 4) is 0 Å². The van der Waals surface area contributed by atoms with Crippen LogP contribution in [0.2, 0.25) is 0 Å². The van der Waals surface area contributed by atoms with Crippen LogP contribution in [0.4, 0.5) is 0 Å². The van der Waals surface area contributed by atoms with Gasteiger partial charge in [-0.1, -0.05) is 0 Å². The summed E-state index contributed by atoms with van der Waals surface area (Å²) in [5.74, 6) is 0.120. The van der Waals surface area contributed by atoms with Crippen molar-refractivity contribution in [1.29, 1.82) is 0 Å². The molecule has 0 aliphatic carbocycles. The second-order valence-corrected chi connectivity index (χ2v) is 5.15. The smallest absolute Gasteiger partial charge is 0.244 e. The predicted octanol–water partition coefficient (Wildman–Crippen LogP) is 0.710. The Hall–Kier alpha value is -1.36. The molecule has 5 nitrogen and oxygen atoms in total. The molecule has 1 aliphatic heterocycles. The minimum atomic E-state index is 0.120. The number of rotatable bonds is 4. The van der Waals surface area contributed by atoms with Crippen molar-refractivity contribution in [3.63, 3.8) is 0 Å². The van der Waals surface area contributed by atoms with Gasteiger partial charge in [-0.25, -0.2) is 0 Å². The molecule has 1 amide bonds. The molecule has 1 N–H and O–H groups in total. The topological polar surface area (TPSA) is 50.2 Å². The van der Waals surface area contributed by atoms with Gasteiger partial charge in [0.2, 0.25) is 5.91 Å². The van der Waals surface area contributed by atoms with E-state index in [0.29, 0.717) is 12.6 Å². The van der Waals surface area contributed by atoms with E-state index >= 15 is 0 Å². The van der Waals surface area contributed by atoms with Crippen molar-refractivity contribution < 1.29 is 4.79 Å². The van der Waals surface area contributed by atoms with Crippen molar-refractivity contribution >= 4 is 5.91 Å². The van der Waals surface area contributed by atoms with E-state index in [1.807, 2.05) is 27.0 Å². The van der Waals surface area contributed by atoms with E-state index in [-0.39, 0.29) is 5.91 Å². The third-order valence-corrected chi connectivity index (χ3v) is 3.47. The Balaban J connectivity index is 1.88. The Morgan fingerprint density at radius 1 is 1.61 bits per heavy atom. The third-order valence-electron chi connectivity index (χ3n) is 3.47. The number of carbonyl (C=O) groups is 1. The van der Waals surface area contributed by atoms with Gasteiger partial charge in [-0.2, -0.15) is 5.10 Å². The zero-order chi connectivity index (χ0) is 13.1. The molecule has 1 unspecified atom stereocenters. The highest BCUT2D eigenvalue weighted by molar-refractivity contribution is 5.75. The van der Waals surface area contributed by atoms with Crippen molar-refractivity contribution in [1.82, 2.24) is 20.0 Å². The first-order valence-corrected chi connectivity index (χ1v) is 6.54. The summed E-state index contributed by atoms with van der Waals surface area (Å²) in [7, 11) is 1.87. The maximum Gasteiger partial charge on any atom is 0.244 e. The summed E-state index contributed by atoms with van der Waals surface area (Å²) < 4.78 is 1.77. The standard InChI is InChI=1S/C13H22N4O/c1-10-7-11(2)17(15-10)9-13(18)16(3)8-12-5-4-6-14-12/h7,12,14H,4-6,8-9H2,1-3H3. The zero-order valence-corrected chi connectivity index (χ0v) is 11.4. The summed E-state index contributed by atoms with van der Waals surface area (Å²) in [4.78, 5) is 13.9. The first kappa shape index (κ1) is 13.1. The fourth-order valence-corrected chi connectivity index (χ4v) is 2.43. The van der Waals surface area contributed by atoms with Crippen LogP contribution in [0.15, 0.2) is 6.07 Å². The fraction of sp³-hybridized carbons (Fsp3) is 0.692. The second kappa shape index (κ2) is 5.52. The summed E-state index contributed by atoms with van der Waals surface area (Å²) in [5.41, 5.74) is 1.99. The number of amides is 1. The van der Waals surface area contributed by atoms with Crippen LogP contribution in [-0.2, 0) is 11.3 Å². The molecule has 0 radical (unpaired) electrons. The summed E-state index contributed by atoms with van der Waals surface area (Å²) in [5, 5.41) is 7.72. The Bertz CT molecular complexity index is 421. The number of nitrogens with one attached hydrogen (secondary N) is 1. The van der Waals surface area contributed by atoms with Gasteiger partial charge in [0.15, 0.2) is 0 Å². The summed E-state index contributed by atoms with van der Waals surface area (Å²) in [6.07, 6.45) is 2.38. The van der Waals surface area contributed by atoms with Crippen LogP contribution in [0.5, 0.6) is 0 Å². The zero-order valence-electron chi connectivity index (χ0n) is 11.4. The molecule has 0 bridgehead atoms. The number of aryl methyl sites for hydroxylation is 2. The highest BCUT2D eigenvalue weighted by Crippen LogP contribution is 2.07. The van der Waals surface area contributed by atoms with Gasteiger partial charge in [-0.15, -0.1) is 0 Å². The number of aromatic nitrogens is 2. The molecule has 5 heteroatoms. The number of likely N-dealkylation sites (N-methyl/N-ethyl adjacent to an activating group) is 1. The maximum absolute atomic E-state index is 12.1. The van der Waals surface area contributed by atoms with Crippen molar-refractivity contribution in [2.24, 2.45) is 0 Å². The minimum Gasteiger partial charge on any atom is -0.343 e. The van der Waals surface area contributed by atoms with Gasteiger partial charge >= 0.3 is 0 Å². The van der Waals surface area contributed by atoms with Gasteiger partial charge in [-0.3, -0.25) is 9.48 Å². The molecule has 2 heterocycles. The molecule has 1 saturated heterocycles. The minimum absolute atomic E-state index is 0.120. The van der Waals surface area contributed by atoms with Gasteiger partial charge < -0.3 is 10.2 Å². The largest absolute Gasteiger partial charge is 0.343 e. The van der Waals surface area contributed by atoms with Gasteiger partial charge in [0.05, 0.1) is 5.69 Å². The molecule has 100 valence electrons. The molecule has 0 spiro atoms. The van der Waals surface area contributed by atoms with Gasteiger partial charge in [0, 0.05) is 25.3 Å². The summed E-state index contributed by atoms with van der Waals surface area (Å²) >= 11 is 0. The monoisotopic (exact) mass is 250 g/mol. The highest BCUT2D eigenvalue weighted by Gasteiger charge is 2.19. The molecule has 1 aliphatic rings. The van der Waals surface area contributed by atoms with E-state index in [9.17, 15) is 4.79 Å². The van der Waals surface area contributed by atoms with Crippen LogP contribution in [0, 0.1) is 13.8 Å². The van der Waals surface area contributed by atoms with E-state index in [4.69, 9.17) is 0 Å². The number of carbonyl (C=O) groups excluding carboxylic acids is 1. The molecule has 0 saturated carbocycles. The Morgan fingerprint density at radius 2 is 2.39 bits per heavy atom.